The van der Waals surface area contributed by atoms with Crippen LogP contribution in [0.4, 0.5) is 0 Å². The van der Waals surface area contributed by atoms with Crippen LogP contribution in [0.5, 0.6) is 0 Å². The molecule has 0 radical (unpaired) electrons. The summed E-state index contributed by atoms with van der Waals surface area (Å²) in [5, 5.41) is 17.4. The van der Waals surface area contributed by atoms with E-state index in [0.29, 0.717) is 12.2 Å². The Morgan fingerprint density at radius 3 is 2.35 bits per heavy atom. The van der Waals surface area contributed by atoms with Crippen LogP contribution in [0.3, 0.4) is 0 Å². The van der Waals surface area contributed by atoms with Crippen LogP contribution in [-0.2, 0) is 28.0 Å². The van der Waals surface area contributed by atoms with Gasteiger partial charge in [0.2, 0.25) is 11.8 Å². The molecule has 0 saturated carbocycles. The molecule has 0 spiro atoms. The average molecular weight is 327 g/mol. The number of amides is 2. The fraction of sp³-hybridized carbons (Fsp3) is 0.615. The first kappa shape index (κ1) is 18.4. The van der Waals surface area contributed by atoms with E-state index in [1.54, 1.807) is 14.0 Å². The number of nitrogens with one attached hydrogen (secondary N) is 2. The number of carbonyl (C=O) groups excluding carboxylic acids is 2. The quantitative estimate of drug-likeness (QED) is 0.466. The number of carboxylic acid groups (broad SMARTS) is 1. The van der Waals surface area contributed by atoms with Crippen LogP contribution in [-0.4, -0.2) is 50.3 Å². The van der Waals surface area contributed by atoms with Crippen molar-refractivity contribution in [2.75, 3.05) is 13.1 Å². The molecule has 0 atom stereocenters. The topological polar surface area (TPSA) is 135 Å². The lowest BCUT2D eigenvalue weighted by molar-refractivity contribution is -0.137. The SMILES string of the molecule is Cc1nn(CC(=O)NCCCC(=O)NCCC(=O)O)c(=O)n1C. The second kappa shape index (κ2) is 8.71. The Labute approximate surface area is 132 Å². The first-order chi connectivity index (χ1) is 10.8. The fourth-order valence-corrected chi connectivity index (χ4v) is 1.77. The normalized spacial score (nSPS) is 10.3. The number of hydrogen-bond donors (Lipinski definition) is 3. The maximum Gasteiger partial charge on any atom is 0.346 e. The minimum Gasteiger partial charge on any atom is -0.481 e. The van der Waals surface area contributed by atoms with Crippen LogP contribution in [0.1, 0.15) is 25.1 Å². The molecule has 1 aromatic rings. The van der Waals surface area contributed by atoms with E-state index in [2.05, 4.69) is 15.7 Å². The van der Waals surface area contributed by atoms with Crippen LogP contribution in [0.15, 0.2) is 4.79 Å². The number of aromatic nitrogens is 3. The lowest BCUT2D eigenvalue weighted by Gasteiger charge is -2.05. The minimum absolute atomic E-state index is 0.0858. The first-order valence-electron chi connectivity index (χ1n) is 7.17. The highest BCUT2D eigenvalue weighted by molar-refractivity contribution is 5.77. The number of carbonyl (C=O) groups is 3. The molecular weight excluding hydrogens is 306 g/mol. The maximum atomic E-state index is 11.7. The summed E-state index contributed by atoms with van der Waals surface area (Å²) in [6.45, 7) is 1.86. The zero-order valence-corrected chi connectivity index (χ0v) is 13.2. The molecule has 10 nitrogen and oxygen atoms in total. The third kappa shape index (κ3) is 6.32. The van der Waals surface area contributed by atoms with Gasteiger partial charge < -0.3 is 15.7 Å². The summed E-state index contributed by atoms with van der Waals surface area (Å²) in [6, 6.07) is 0. The number of nitrogens with zero attached hydrogens (tertiary/aromatic N) is 3. The average Bonchev–Trinajstić information content (AvgIpc) is 2.70. The van der Waals surface area contributed by atoms with Crippen molar-refractivity contribution in [2.45, 2.75) is 32.7 Å². The molecule has 1 aromatic heterocycles. The molecule has 0 aromatic carbocycles. The molecule has 128 valence electrons. The van der Waals surface area contributed by atoms with Crippen LogP contribution in [0, 0.1) is 6.92 Å². The molecule has 0 bridgehead atoms. The van der Waals surface area contributed by atoms with Gasteiger partial charge in [-0.05, 0) is 13.3 Å². The predicted molar refractivity (Wildman–Crippen MR) is 79.7 cm³/mol. The van der Waals surface area contributed by atoms with Gasteiger partial charge in [-0.1, -0.05) is 0 Å². The third-order valence-electron chi connectivity index (χ3n) is 3.12. The highest BCUT2D eigenvalue weighted by atomic mass is 16.4. The van der Waals surface area contributed by atoms with E-state index in [-0.39, 0.29) is 50.0 Å². The Balaban J connectivity index is 2.21. The van der Waals surface area contributed by atoms with Gasteiger partial charge in [-0.3, -0.25) is 19.0 Å². The van der Waals surface area contributed by atoms with Gasteiger partial charge in [0, 0.05) is 26.6 Å². The third-order valence-corrected chi connectivity index (χ3v) is 3.12. The Bertz CT molecular complexity index is 633. The largest absolute Gasteiger partial charge is 0.481 e. The van der Waals surface area contributed by atoms with Crippen LogP contribution < -0.4 is 16.3 Å². The highest BCUT2D eigenvalue weighted by Gasteiger charge is 2.10. The molecule has 1 heterocycles. The maximum absolute atomic E-state index is 11.7. The van der Waals surface area contributed by atoms with Gasteiger partial charge >= 0.3 is 11.7 Å². The van der Waals surface area contributed by atoms with Crippen molar-refractivity contribution in [2.24, 2.45) is 7.05 Å². The van der Waals surface area contributed by atoms with E-state index in [1.165, 1.54) is 4.57 Å². The smallest absolute Gasteiger partial charge is 0.346 e. The lowest BCUT2D eigenvalue weighted by atomic mass is 10.3. The summed E-state index contributed by atoms with van der Waals surface area (Å²) in [6.07, 6.45) is 0.476. The van der Waals surface area contributed by atoms with Crippen molar-refractivity contribution in [1.82, 2.24) is 25.0 Å². The van der Waals surface area contributed by atoms with Gasteiger partial charge in [-0.2, -0.15) is 5.10 Å². The zero-order chi connectivity index (χ0) is 17.4. The number of aryl methyl sites for hydroxylation is 1. The van der Waals surface area contributed by atoms with E-state index >= 15 is 0 Å². The highest BCUT2D eigenvalue weighted by Crippen LogP contribution is 1.89. The van der Waals surface area contributed by atoms with Gasteiger partial charge in [0.05, 0.1) is 6.42 Å². The van der Waals surface area contributed by atoms with E-state index in [1.807, 2.05) is 0 Å². The van der Waals surface area contributed by atoms with E-state index in [9.17, 15) is 19.2 Å². The molecule has 0 aliphatic heterocycles. The molecule has 23 heavy (non-hydrogen) atoms. The molecule has 1 rings (SSSR count). The van der Waals surface area contributed by atoms with Crippen molar-refractivity contribution < 1.29 is 19.5 Å². The Kier molecular flexibility index (Phi) is 6.97. The number of hydrogen-bond acceptors (Lipinski definition) is 5. The van der Waals surface area contributed by atoms with Crippen molar-refractivity contribution in [1.29, 1.82) is 0 Å². The van der Waals surface area contributed by atoms with Gasteiger partial charge in [0.1, 0.15) is 12.4 Å². The second-order valence-electron chi connectivity index (χ2n) is 4.99. The summed E-state index contributed by atoms with van der Waals surface area (Å²) in [5.74, 6) is -1.09. The summed E-state index contributed by atoms with van der Waals surface area (Å²) >= 11 is 0. The van der Waals surface area contributed by atoms with Gasteiger partial charge in [-0.15, -0.1) is 0 Å². The second-order valence-corrected chi connectivity index (χ2v) is 4.99. The first-order valence-corrected chi connectivity index (χ1v) is 7.17. The molecule has 0 saturated heterocycles. The molecule has 3 N–H and O–H groups in total. The Morgan fingerprint density at radius 1 is 1.13 bits per heavy atom. The number of carboxylic acids is 1. The van der Waals surface area contributed by atoms with E-state index < -0.39 is 5.97 Å². The molecule has 2 amide bonds. The summed E-state index contributed by atoms with van der Waals surface area (Å²) < 4.78 is 2.41. The predicted octanol–water partition coefficient (Wildman–Crippen LogP) is -1.62. The van der Waals surface area contributed by atoms with E-state index in [4.69, 9.17) is 5.11 Å². The Morgan fingerprint density at radius 2 is 1.78 bits per heavy atom. The van der Waals surface area contributed by atoms with Crippen molar-refractivity contribution in [3.63, 3.8) is 0 Å². The number of aliphatic carboxylic acids is 1. The fourth-order valence-electron chi connectivity index (χ4n) is 1.77. The van der Waals surface area contributed by atoms with Gasteiger partial charge in [-0.25, -0.2) is 9.48 Å². The molecule has 10 heteroatoms. The Hall–Kier alpha value is -2.65. The summed E-state index contributed by atoms with van der Waals surface area (Å²) in [4.78, 5) is 45.0. The summed E-state index contributed by atoms with van der Waals surface area (Å²) in [7, 11) is 1.57. The van der Waals surface area contributed by atoms with Crippen LogP contribution in [0.2, 0.25) is 0 Å². The summed E-state index contributed by atoms with van der Waals surface area (Å²) in [5.41, 5.74) is -0.365. The van der Waals surface area contributed by atoms with E-state index in [0.717, 1.165) is 4.68 Å². The molecule has 0 aliphatic carbocycles. The standard InChI is InChI=1S/C13H21N5O5/c1-9-16-18(13(23)17(9)2)8-11(20)14-6-3-4-10(19)15-7-5-12(21)22/h3-8H2,1-2H3,(H,14,20)(H,15,19)(H,21,22). The zero-order valence-electron chi connectivity index (χ0n) is 13.2. The van der Waals surface area contributed by atoms with Crippen molar-refractivity contribution in [3.05, 3.63) is 16.3 Å². The lowest BCUT2D eigenvalue weighted by Crippen LogP contribution is -2.34. The number of rotatable bonds is 9. The van der Waals surface area contributed by atoms with Gasteiger partial charge in [0.15, 0.2) is 0 Å². The van der Waals surface area contributed by atoms with Gasteiger partial charge in [0.25, 0.3) is 0 Å². The monoisotopic (exact) mass is 327 g/mol. The minimum atomic E-state index is -0.974. The molecular formula is C13H21N5O5. The van der Waals surface area contributed by atoms with Crippen LogP contribution >= 0.6 is 0 Å². The molecule has 0 fully saturated rings. The van der Waals surface area contributed by atoms with Crippen molar-refractivity contribution >= 4 is 17.8 Å². The molecule has 0 unspecified atom stereocenters. The van der Waals surface area contributed by atoms with Crippen LogP contribution in [0.25, 0.3) is 0 Å². The van der Waals surface area contributed by atoms with Crippen molar-refractivity contribution in [3.8, 4) is 0 Å². The molecule has 0 aliphatic rings.